The van der Waals surface area contributed by atoms with Gasteiger partial charge < -0.3 is 100.0 Å². The topological polar surface area (TPSA) is 363 Å². The number of methoxy groups -OCH3 is 8. The first-order valence-corrected chi connectivity index (χ1v) is 53.7. The van der Waals surface area contributed by atoms with E-state index in [1.165, 1.54) is 166 Å². The van der Waals surface area contributed by atoms with Crippen molar-refractivity contribution in [1.82, 2.24) is 47.9 Å². The van der Waals surface area contributed by atoms with Gasteiger partial charge in [0.2, 0.25) is 0 Å². The average molecular weight is 2000 g/mol. The molecule has 0 aliphatic heterocycles. The van der Waals surface area contributed by atoms with Crippen LogP contribution in [-0.2, 0) is 80.9 Å². The van der Waals surface area contributed by atoms with Crippen LogP contribution in [0.4, 0.5) is 14.4 Å². The van der Waals surface area contributed by atoms with Crippen LogP contribution in [0, 0.1) is 64.1 Å². The van der Waals surface area contributed by atoms with Gasteiger partial charge in [-0.25, -0.2) is 14.4 Å². The molecule has 139 heavy (non-hydrogen) atoms. The van der Waals surface area contributed by atoms with Crippen LogP contribution in [0.1, 0.15) is 404 Å². The van der Waals surface area contributed by atoms with Crippen molar-refractivity contribution in [1.29, 1.82) is 0 Å². The van der Waals surface area contributed by atoms with Crippen LogP contribution in [0.3, 0.4) is 0 Å². The Balaban J connectivity index is -0.000000168. The minimum absolute atomic E-state index is 0. The Morgan fingerprint density at radius 1 is 0.216 bits per heavy atom. The predicted molar refractivity (Wildman–Crippen MR) is 580 cm³/mol. The summed E-state index contributed by atoms with van der Waals surface area (Å²) in [6.07, 6.45) is 36.5. The Hall–Kier alpha value is -5.53. The Morgan fingerprint density at radius 2 is 0.432 bits per heavy atom. The number of ether oxygens (including phenoxy) is 11. The van der Waals surface area contributed by atoms with Crippen molar-refractivity contribution < 1.29 is 95.3 Å². The third-order valence-corrected chi connectivity index (χ3v) is 21.5. The fraction of sp³-hybridized carbons (Fsp3) is 0.918. The molecule has 9 N–H and O–H groups in total. The van der Waals surface area contributed by atoms with Crippen LogP contribution in [0.2, 0.25) is 0 Å². The van der Waals surface area contributed by atoms with Crippen LogP contribution in [0.25, 0.3) is 0 Å². The van der Waals surface area contributed by atoms with Crippen LogP contribution >= 0.6 is 0 Å². The molecule has 0 spiro atoms. The molecule has 0 aromatic heterocycles. The lowest BCUT2D eigenvalue weighted by Gasteiger charge is -2.24. The van der Waals surface area contributed by atoms with Gasteiger partial charge in [0.05, 0.1) is 63.5 Å². The number of nitrogens with one attached hydrogen (secondary N) is 9. The van der Waals surface area contributed by atoms with Gasteiger partial charge in [-0.3, -0.25) is 28.8 Å². The number of Topliss-reactive ketones (excluding diaryl/α,β-unsaturated/α-hetero) is 1. The summed E-state index contributed by atoms with van der Waals surface area (Å²) < 4.78 is 50.4. The lowest BCUT2D eigenvalue weighted by atomic mass is 9.84. The van der Waals surface area contributed by atoms with Crippen molar-refractivity contribution in [2.75, 3.05) is 195 Å². The molecule has 29 heteroatoms. The highest BCUT2D eigenvalue weighted by Gasteiger charge is 2.21. The minimum atomic E-state index is -0.617. The second kappa shape index (κ2) is 119. The lowest BCUT2D eigenvalue weighted by Crippen LogP contribution is -2.28. The van der Waals surface area contributed by atoms with Crippen molar-refractivity contribution in [3.63, 3.8) is 0 Å². The summed E-state index contributed by atoms with van der Waals surface area (Å²) in [6.45, 7) is 70.1. The molecule has 0 aliphatic carbocycles. The number of ketones is 1. The van der Waals surface area contributed by atoms with Crippen LogP contribution in [0.5, 0.6) is 0 Å². The van der Waals surface area contributed by atoms with Gasteiger partial charge in [-0.15, -0.1) is 0 Å². The highest BCUT2D eigenvalue weighted by Crippen LogP contribution is 2.26. The summed E-state index contributed by atoms with van der Waals surface area (Å²) in [4.78, 5) is 97.1. The van der Waals surface area contributed by atoms with Crippen molar-refractivity contribution in [3.05, 3.63) is 0 Å². The quantitative estimate of drug-likeness (QED) is 0.0155. The molecule has 0 rings (SSSR count). The molecule has 0 saturated carbocycles. The van der Waals surface area contributed by atoms with E-state index in [9.17, 15) is 43.2 Å². The van der Waals surface area contributed by atoms with Crippen molar-refractivity contribution >= 4 is 54.1 Å². The molecule has 0 atom stereocenters. The molecule has 0 aliphatic rings. The van der Waals surface area contributed by atoms with E-state index >= 15 is 0 Å². The van der Waals surface area contributed by atoms with Crippen LogP contribution < -0.4 is 47.9 Å². The summed E-state index contributed by atoms with van der Waals surface area (Å²) in [5.41, 5.74) is 0.193. The predicted octanol–water partition coefficient (Wildman–Crippen LogP) is 23.0. The number of rotatable bonds is 78. The van der Waals surface area contributed by atoms with Gasteiger partial charge in [-0.05, 0) is 356 Å². The zero-order valence-corrected chi connectivity index (χ0v) is 95.4. The van der Waals surface area contributed by atoms with Crippen molar-refractivity contribution in [3.8, 4) is 0 Å². The molecular weight excluding hydrogens is 1770 g/mol. The Kier molecular flexibility index (Phi) is 132. The van der Waals surface area contributed by atoms with Gasteiger partial charge in [0, 0.05) is 56.9 Å². The number of carbonyl (C=O) groups excluding carboxylic acids is 9. The smallest absolute Gasteiger partial charge is 0.469 e. The monoisotopic (exact) mass is 2000 g/mol. The maximum Gasteiger partial charge on any atom is 0.508 e. The maximum absolute atomic E-state index is 11.1. The standard InChI is InChI=1S/C15H31NO2.C14H29NO3.C13H27NO2.C12H25NO2.C12H25NO.C11H23NO3.2C11H23NO2.C10H21NO3.CH4/c1-13(2)7-6-11-16-12-10-15(3,4)9-8-14(17)18-5;1-12(2)7-6-9-15-10-8-14(3,4)11-18-13(16)17-5;1-12(2)8-7-11-14-10-6-4-5-9-13(15)16-3;1-11(2)7-6-10-13-9-5-4-8-12(14)15-3;1-4-12(14)8-6-10-13-9-5-7-11(2)3;1-10(2)6-4-7-12-8-5-9-15-11(13)14-3;2*1-10(2)6-4-8-12-9-5-7-11(13)14-3;1-9(2)5-4-6-11-7-8-14-10(12)13-3;/h13,16H,6-12H2,1-5H3;12,15H,6-11H2,1-5H3;12,14H,4-11H2,1-3H3;11,13H,4-10H2,1-3H3;11,13H,4-10H2,1-3H3;10,12H,4-9H2,1-3H3;2*10,12H,4-9H2,1-3H3;9,11H,4-8H2,1-3H3;1H4. The second-order valence-electron chi connectivity index (χ2n) is 41.0. The summed E-state index contributed by atoms with van der Waals surface area (Å²) in [6, 6.07) is 0. The first kappa shape index (κ1) is 154. The second-order valence-corrected chi connectivity index (χ2v) is 41.0. The van der Waals surface area contributed by atoms with Crippen LogP contribution in [0.15, 0.2) is 0 Å². The third-order valence-electron chi connectivity index (χ3n) is 21.5. The zero-order chi connectivity index (χ0) is 107. The Morgan fingerprint density at radius 3 is 0.712 bits per heavy atom. The van der Waals surface area contributed by atoms with E-state index in [4.69, 9.17) is 14.2 Å². The van der Waals surface area contributed by atoms with E-state index in [1.54, 1.807) is 0 Å². The van der Waals surface area contributed by atoms with Crippen LogP contribution in [-0.4, -0.2) is 249 Å². The van der Waals surface area contributed by atoms with Gasteiger partial charge in [-0.1, -0.05) is 173 Å². The number of hydrogen-bond acceptors (Lipinski definition) is 29. The molecule has 0 saturated heterocycles. The number of esters is 5. The zero-order valence-electron chi connectivity index (χ0n) is 95.4. The molecule has 0 unspecified atom stereocenters. The minimum Gasteiger partial charge on any atom is -0.469 e. The average Bonchev–Trinajstić information content (AvgIpc) is 0.932. The normalized spacial score (nSPS) is 10.8. The van der Waals surface area contributed by atoms with Crippen molar-refractivity contribution in [2.45, 2.75) is 404 Å². The molecule has 836 valence electrons. The molecule has 0 aromatic carbocycles. The number of unbranched alkanes of at least 4 members (excludes halogenated alkanes) is 3. The molecule has 0 aromatic rings. The summed E-state index contributed by atoms with van der Waals surface area (Å²) in [5.74, 6) is 6.92. The largest absolute Gasteiger partial charge is 0.508 e. The van der Waals surface area contributed by atoms with Crippen molar-refractivity contribution in [2.24, 2.45) is 64.1 Å². The van der Waals surface area contributed by atoms with E-state index in [1.807, 2.05) is 6.92 Å². The molecule has 29 nitrogen and oxygen atoms in total. The first-order chi connectivity index (χ1) is 65.4. The summed E-state index contributed by atoms with van der Waals surface area (Å²) in [5, 5.41) is 30.2. The molecule has 0 bridgehead atoms. The fourth-order valence-corrected chi connectivity index (χ4v) is 12.4. The van der Waals surface area contributed by atoms with E-state index in [0.29, 0.717) is 70.7 Å². The van der Waals surface area contributed by atoms with Gasteiger partial charge in [0.15, 0.2) is 0 Å². The van der Waals surface area contributed by atoms with E-state index in [2.05, 4.69) is 238 Å². The highest BCUT2D eigenvalue weighted by atomic mass is 16.7. The molecule has 0 fully saturated rings. The number of hydrogen-bond donors (Lipinski definition) is 9. The molecule has 0 radical (unpaired) electrons. The molecule has 0 heterocycles. The maximum atomic E-state index is 11.1. The Labute approximate surface area is 855 Å². The first-order valence-electron chi connectivity index (χ1n) is 53.7. The molecular formula is C110H231N9O20. The lowest BCUT2D eigenvalue weighted by molar-refractivity contribution is -0.142. The van der Waals surface area contributed by atoms with E-state index in [-0.39, 0.29) is 48.1 Å². The third kappa shape index (κ3) is 161. The van der Waals surface area contributed by atoms with Gasteiger partial charge in [0.25, 0.3) is 0 Å². The van der Waals surface area contributed by atoms with E-state index in [0.717, 1.165) is 254 Å². The van der Waals surface area contributed by atoms with E-state index < -0.39 is 18.5 Å². The molecule has 0 amide bonds. The van der Waals surface area contributed by atoms with Gasteiger partial charge in [0.1, 0.15) is 19.0 Å². The van der Waals surface area contributed by atoms with Gasteiger partial charge >= 0.3 is 48.3 Å². The summed E-state index contributed by atoms with van der Waals surface area (Å²) >= 11 is 0. The number of carbonyl (C=O) groups is 9. The SMILES string of the molecule is C.CCC(=O)CCCNCCCC(C)C.COC(=O)CCC(C)(C)CCNCCCC(C)C.COC(=O)CCCCCNCCCC(C)C.COC(=O)CCCCNCCCC(C)C.COC(=O)CCCNCCCC(C)C.COC(=O)CCCNCCCC(C)C.COC(=O)OCC(C)(C)CCNCCCC(C)C.COC(=O)OCCCNCCCC(C)C.COC(=O)OCCNCCCC(C)C. The van der Waals surface area contributed by atoms with Gasteiger partial charge in [-0.2, -0.15) is 0 Å². The summed E-state index contributed by atoms with van der Waals surface area (Å²) in [7, 11) is 11.1. The highest BCUT2D eigenvalue weighted by molar-refractivity contribution is 5.78. The fourth-order valence-electron chi connectivity index (χ4n) is 12.4. The Bertz CT molecular complexity index is 2380.